The molecule has 0 fully saturated rings. The first-order chi connectivity index (χ1) is 12.2. The maximum absolute atomic E-state index is 11.1. The molecule has 6 heteroatoms. The predicted octanol–water partition coefficient (Wildman–Crippen LogP) is 2.73. The van der Waals surface area contributed by atoms with Crippen LogP contribution >= 0.6 is 0 Å². The van der Waals surface area contributed by atoms with Gasteiger partial charge in [0.1, 0.15) is 12.4 Å². The number of nitrogens with zero attached hydrogens (tertiary/aromatic N) is 2. The monoisotopic (exact) mass is 334 g/mol. The molecule has 3 rings (SSSR count). The van der Waals surface area contributed by atoms with Gasteiger partial charge >= 0.3 is 0 Å². The summed E-state index contributed by atoms with van der Waals surface area (Å²) in [5, 5.41) is 3.13. The number of nitrogens with one attached hydrogen (secondary N) is 1. The maximum Gasteiger partial charge on any atom is 0.248 e. The fourth-order valence-corrected chi connectivity index (χ4v) is 2.26. The van der Waals surface area contributed by atoms with Crippen molar-refractivity contribution in [2.75, 3.05) is 18.5 Å². The molecule has 0 bridgehead atoms. The Morgan fingerprint density at radius 1 is 1.04 bits per heavy atom. The van der Waals surface area contributed by atoms with Crippen molar-refractivity contribution in [1.82, 2.24) is 9.97 Å². The topological polar surface area (TPSA) is 90.1 Å². The molecule has 0 saturated carbocycles. The number of rotatable bonds is 7. The molecule has 0 aliphatic heterocycles. The highest BCUT2D eigenvalue weighted by Crippen LogP contribution is 2.18. The number of hydrogen-bond acceptors (Lipinski definition) is 5. The van der Waals surface area contributed by atoms with Crippen LogP contribution < -0.4 is 15.8 Å². The molecule has 0 saturated heterocycles. The van der Waals surface area contributed by atoms with Crippen LogP contribution in [0, 0.1) is 0 Å². The van der Waals surface area contributed by atoms with Gasteiger partial charge in [0.05, 0.1) is 12.2 Å². The van der Waals surface area contributed by atoms with E-state index in [2.05, 4.69) is 15.3 Å². The number of nitrogens with two attached hydrogens (primary N) is 1. The minimum atomic E-state index is -0.449. The van der Waals surface area contributed by atoms with Crippen molar-refractivity contribution in [3.63, 3.8) is 0 Å². The second-order valence-electron chi connectivity index (χ2n) is 5.30. The maximum atomic E-state index is 11.1. The second-order valence-corrected chi connectivity index (χ2v) is 5.30. The van der Waals surface area contributed by atoms with E-state index in [1.165, 1.54) is 0 Å². The molecule has 1 heterocycles. The Morgan fingerprint density at radius 2 is 1.80 bits per heavy atom. The molecule has 0 unspecified atom stereocenters. The number of anilines is 1. The lowest BCUT2D eigenvalue weighted by Crippen LogP contribution is -2.13. The Bertz CT molecular complexity index is 836. The summed E-state index contributed by atoms with van der Waals surface area (Å²) in [5.74, 6) is 0.900. The lowest BCUT2D eigenvalue weighted by Gasteiger charge is -2.08. The van der Waals surface area contributed by atoms with Gasteiger partial charge in [-0.2, -0.15) is 0 Å². The molecule has 3 aromatic rings. The number of carbonyl (C=O) groups excluding carboxylic acids is 1. The summed E-state index contributed by atoms with van der Waals surface area (Å²) in [4.78, 5) is 19.8. The van der Waals surface area contributed by atoms with E-state index in [1.54, 1.807) is 18.3 Å². The molecular weight excluding hydrogens is 316 g/mol. The van der Waals surface area contributed by atoms with Crippen LogP contribution in [0.3, 0.4) is 0 Å². The van der Waals surface area contributed by atoms with Crippen molar-refractivity contribution in [3.05, 3.63) is 72.4 Å². The molecule has 1 aromatic heterocycles. The fourth-order valence-electron chi connectivity index (χ4n) is 2.26. The SMILES string of the molecule is NC(=O)c1ccc(-c2ccnc(NCCOc3ccccc3)n2)cc1. The lowest BCUT2D eigenvalue weighted by atomic mass is 10.1. The number of carbonyl (C=O) groups is 1. The van der Waals surface area contributed by atoms with E-state index in [-0.39, 0.29) is 0 Å². The van der Waals surface area contributed by atoms with Crippen molar-refractivity contribution in [2.45, 2.75) is 0 Å². The van der Waals surface area contributed by atoms with E-state index >= 15 is 0 Å². The Morgan fingerprint density at radius 3 is 2.52 bits per heavy atom. The molecular formula is C19H18N4O2. The van der Waals surface area contributed by atoms with E-state index < -0.39 is 5.91 Å². The van der Waals surface area contributed by atoms with Crippen LogP contribution in [0.2, 0.25) is 0 Å². The molecule has 0 spiro atoms. The summed E-state index contributed by atoms with van der Waals surface area (Å²) in [6.07, 6.45) is 1.69. The van der Waals surface area contributed by atoms with Crippen LogP contribution in [0.25, 0.3) is 11.3 Å². The fraction of sp³-hybridized carbons (Fsp3) is 0.105. The van der Waals surface area contributed by atoms with Gasteiger partial charge in [-0.25, -0.2) is 9.97 Å². The third-order valence-electron chi connectivity index (χ3n) is 3.52. The van der Waals surface area contributed by atoms with Gasteiger partial charge in [-0.1, -0.05) is 30.3 Å². The average molecular weight is 334 g/mol. The van der Waals surface area contributed by atoms with Gasteiger partial charge in [-0.15, -0.1) is 0 Å². The van der Waals surface area contributed by atoms with Crippen LogP contribution in [-0.2, 0) is 0 Å². The smallest absolute Gasteiger partial charge is 0.248 e. The number of benzene rings is 2. The van der Waals surface area contributed by atoms with Crippen molar-refractivity contribution in [3.8, 4) is 17.0 Å². The highest BCUT2D eigenvalue weighted by Gasteiger charge is 2.04. The van der Waals surface area contributed by atoms with Crippen molar-refractivity contribution < 1.29 is 9.53 Å². The predicted molar refractivity (Wildman–Crippen MR) is 96.4 cm³/mol. The number of amides is 1. The van der Waals surface area contributed by atoms with Crippen LogP contribution in [0.15, 0.2) is 66.9 Å². The van der Waals surface area contributed by atoms with Crippen molar-refractivity contribution in [2.24, 2.45) is 5.73 Å². The Kier molecular flexibility index (Phi) is 5.21. The average Bonchev–Trinajstić information content (AvgIpc) is 2.66. The number of hydrogen-bond donors (Lipinski definition) is 2. The van der Waals surface area contributed by atoms with Crippen molar-refractivity contribution in [1.29, 1.82) is 0 Å². The molecule has 2 aromatic carbocycles. The van der Waals surface area contributed by atoms with Crippen LogP contribution in [0.5, 0.6) is 5.75 Å². The van der Waals surface area contributed by atoms with Crippen LogP contribution in [0.1, 0.15) is 10.4 Å². The van der Waals surface area contributed by atoms with E-state index in [0.717, 1.165) is 17.0 Å². The molecule has 25 heavy (non-hydrogen) atoms. The molecule has 6 nitrogen and oxygen atoms in total. The summed E-state index contributed by atoms with van der Waals surface area (Å²) in [7, 11) is 0. The third kappa shape index (κ3) is 4.54. The summed E-state index contributed by atoms with van der Waals surface area (Å²) in [6, 6.07) is 18.4. The number of primary amides is 1. The van der Waals surface area contributed by atoms with E-state index in [4.69, 9.17) is 10.5 Å². The third-order valence-corrected chi connectivity index (χ3v) is 3.52. The van der Waals surface area contributed by atoms with Gasteiger partial charge in [0.25, 0.3) is 0 Å². The molecule has 0 aliphatic rings. The Balaban J connectivity index is 1.58. The Hall–Kier alpha value is -3.41. The van der Waals surface area contributed by atoms with Crippen LogP contribution in [-0.4, -0.2) is 29.0 Å². The van der Waals surface area contributed by atoms with Crippen LogP contribution in [0.4, 0.5) is 5.95 Å². The summed E-state index contributed by atoms with van der Waals surface area (Å²) in [5.41, 5.74) is 7.36. The van der Waals surface area contributed by atoms with E-state index in [0.29, 0.717) is 24.7 Å². The molecule has 0 radical (unpaired) electrons. The van der Waals surface area contributed by atoms with E-state index in [1.807, 2.05) is 48.5 Å². The first kappa shape index (κ1) is 16.4. The molecule has 126 valence electrons. The van der Waals surface area contributed by atoms with E-state index in [9.17, 15) is 4.79 Å². The first-order valence-electron chi connectivity index (χ1n) is 7.87. The quantitative estimate of drug-likeness (QED) is 0.648. The zero-order valence-electron chi connectivity index (χ0n) is 13.6. The van der Waals surface area contributed by atoms with Gasteiger partial charge in [-0.3, -0.25) is 4.79 Å². The van der Waals surface area contributed by atoms with Gasteiger partial charge in [0, 0.05) is 17.3 Å². The van der Waals surface area contributed by atoms with Gasteiger partial charge in [-0.05, 0) is 30.3 Å². The minimum Gasteiger partial charge on any atom is -0.492 e. The lowest BCUT2D eigenvalue weighted by molar-refractivity contribution is 0.100. The highest BCUT2D eigenvalue weighted by atomic mass is 16.5. The number of para-hydroxylation sites is 1. The molecule has 0 atom stereocenters. The largest absolute Gasteiger partial charge is 0.492 e. The minimum absolute atomic E-state index is 0.449. The summed E-state index contributed by atoms with van der Waals surface area (Å²) >= 11 is 0. The highest BCUT2D eigenvalue weighted by molar-refractivity contribution is 5.93. The summed E-state index contributed by atoms with van der Waals surface area (Å²) < 4.78 is 5.62. The van der Waals surface area contributed by atoms with Crippen molar-refractivity contribution >= 4 is 11.9 Å². The molecule has 3 N–H and O–H groups in total. The zero-order valence-corrected chi connectivity index (χ0v) is 13.6. The standard InChI is InChI=1S/C19H18N4O2/c20-18(24)15-8-6-14(7-9-15)17-10-11-21-19(23-17)22-12-13-25-16-4-2-1-3-5-16/h1-11H,12-13H2,(H2,20,24)(H,21,22,23). The number of aromatic nitrogens is 2. The van der Waals surface area contributed by atoms with Gasteiger partial charge in [0.2, 0.25) is 11.9 Å². The normalized spacial score (nSPS) is 10.2. The Labute approximate surface area is 145 Å². The molecule has 0 aliphatic carbocycles. The van der Waals surface area contributed by atoms with Gasteiger partial charge < -0.3 is 15.8 Å². The molecule has 1 amide bonds. The second kappa shape index (κ2) is 7.92. The summed E-state index contributed by atoms with van der Waals surface area (Å²) in [6.45, 7) is 1.09. The zero-order chi connectivity index (χ0) is 17.5. The first-order valence-corrected chi connectivity index (χ1v) is 7.87. The van der Waals surface area contributed by atoms with Gasteiger partial charge in [0.15, 0.2) is 0 Å². The number of ether oxygens (including phenoxy) is 1.